The number of pyridine rings is 1. The van der Waals surface area contributed by atoms with Crippen molar-refractivity contribution in [3.63, 3.8) is 0 Å². The van der Waals surface area contributed by atoms with Crippen LogP contribution in [-0.4, -0.2) is 13.0 Å². The lowest BCUT2D eigenvalue weighted by atomic mass is 9.95. The zero-order chi connectivity index (χ0) is 21.2. The first-order chi connectivity index (χ1) is 13.7. The number of hydrogen-bond donors (Lipinski definition) is 0. The van der Waals surface area contributed by atoms with Gasteiger partial charge in [-0.3, -0.25) is 4.79 Å². The third-order valence-electron chi connectivity index (χ3n) is 4.65. The number of halogens is 4. The lowest BCUT2D eigenvalue weighted by Crippen LogP contribution is -2.30. The van der Waals surface area contributed by atoms with Gasteiger partial charge in [0.1, 0.15) is 7.05 Å². The molecule has 1 aromatic heterocycles. The van der Waals surface area contributed by atoms with Crippen molar-refractivity contribution in [2.24, 2.45) is 7.05 Å². The highest BCUT2D eigenvalue weighted by Gasteiger charge is 2.20. The molecule has 0 bridgehead atoms. The summed E-state index contributed by atoms with van der Waals surface area (Å²) in [6.07, 6.45) is 0. The van der Waals surface area contributed by atoms with Gasteiger partial charge < -0.3 is 17.3 Å². The molecule has 2 nitrogen and oxygen atoms in total. The molecule has 0 aliphatic heterocycles. The first-order valence-electron chi connectivity index (χ1n) is 8.95. The molecule has 0 unspecified atom stereocenters. The SMILES string of the molecule is CC(=O)c1ccc(-c2c3ccccc3[n+](C)c3ccccc23)cc1.F[B-](F)(F)F. The lowest BCUT2D eigenvalue weighted by Gasteiger charge is -2.11. The van der Waals surface area contributed by atoms with Crippen molar-refractivity contribution in [1.29, 1.82) is 0 Å². The summed E-state index contributed by atoms with van der Waals surface area (Å²) in [4.78, 5) is 11.6. The number of carbonyl (C=O) groups is 1. The quantitative estimate of drug-likeness (QED) is 0.133. The minimum Gasteiger partial charge on any atom is -0.418 e. The van der Waals surface area contributed by atoms with Crippen molar-refractivity contribution in [3.05, 3.63) is 78.4 Å². The normalized spacial score (nSPS) is 11.2. The standard InChI is InChI=1S/C22H18NO.BF4/c1-15(24)16-11-13-17(14-12-16)22-18-7-3-5-9-20(18)23(2)21-10-6-4-8-19(21)22;2-1(3,4)5/h3-14H,1-2H3;/q+1;-1. The van der Waals surface area contributed by atoms with E-state index in [4.69, 9.17) is 0 Å². The fourth-order valence-electron chi connectivity index (χ4n) is 3.41. The number of aryl methyl sites for hydroxylation is 1. The maximum atomic E-state index is 11.6. The van der Waals surface area contributed by atoms with Crippen LogP contribution >= 0.6 is 0 Å². The second-order valence-corrected chi connectivity index (χ2v) is 6.60. The second kappa shape index (κ2) is 8.03. The molecule has 0 saturated heterocycles. The van der Waals surface area contributed by atoms with E-state index in [1.807, 2.05) is 24.3 Å². The summed E-state index contributed by atoms with van der Waals surface area (Å²) in [5.41, 5.74) is 5.49. The Hall–Kier alpha value is -3.22. The van der Waals surface area contributed by atoms with Crippen LogP contribution in [0, 0.1) is 0 Å². The van der Waals surface area contributed by atoms with Crippen molar-refractivity contribution in [2.75, 3.05) is 0 Å². The summed E-state index contributed by atoms with van der Waals surface area (Å²) in [6.45, 7) is 1.60. The van der Waals surface area contributed by atoms with Crippen LogP contribution in [0.4, 0.5) is 17.3 Å². The Morgan fingerprint density at radius 2 is 1.17 bits per heavy atom. The van der Waals surface area contributed by atoms with Gasteiger partial charge in [-0.05, 0) is 24.6 Å². The van der Waals surface area contributed by atoms with Gasteiger partial charge in [0.2, 0.25) is 11.0 Å². The van der Waals surface area contributed by atoms with E-state index in [2.05, 4.69) is 60.1 Å². The predicted octanol–water partition coefficient (Wildman–Crippen LogP) is 5.99. The van der Waals surface area contributed by atoms with Crippen LogP contribution < -0.4 is 4.57 Å². The Balaban J connectivity index is 0.000000431. The first-order valence-corrected chi connectivity index (χ1v) is 8.95. The number of benzene rings is 3. The molecule has 1 heterocycles. The molecule has 0 N–H and O–H groups in total. The van der Waals surface area contributed by atoms with Crippen LogP contribution in [0.15, 0.2) is 72.8 Å². The molecule has 0 amide bonds. The molecule has 0 spiro atoms. The summed E-state index contributed by atoms with van der Waals surface area (Å²) >= 11 is 0. The predicted molar refractivity (Wildman–Crippen MR) is 108 cm³/mol. The smallest absolute Gasteiger partial charge is 0.418 e. The zero-order valence-electron chi connectivity index (χ0n) is 15.9. The molecule has 4 rings (SSSR count). The molecule has 29 heavy (non-hydrogen) atoms. The van der Waals surface area contributed by atoms with E-state index in [1.165, 1.54) is 27.4 Å². The van der Waals surface area contributed by atoms with Gasteiger partial charge in [-0.2, -0.15) is 4.57 Å². The molecule has 7 heteroatoms. The van der Waals surface area contributed by atoms with Gasteiger partial charge in [-0.15, -0.1) is 0 Å². The van der Waals surface area contributed by atoms with E-state index in [9.17, 15) is 22.1 Å². The average Bonchev–Trinajstić information content (AvgIpc) is 2.67. The number of Topliss-reactive ketones (excluding diaryl/α,β-unsaturated/α-hetero) is 1. The van der Waals surface area contributed by atoms with Crippen LogP contribution in [0.1, 0.15) is 17.3 Å². The van der Waals surface area contributed by atoms with Crippen LogP contribution in [0.2, 0.25) is 0 Å². The Bertz CT molecular complexity index is 1120. The largest absolute Gasteiger partial charge is 0.673 e. The molecule has 3 aromatic carbocycles. The van der Waals surface area contributed by atoms with Crippen LogP contribution in [0.25, 0.3) is 32.9 Å². The van der Waals surface area contributed by atoms with E-state index in [0.29, 0.717) is 0 Å². The van der Waals surface area contributed by atoms with E-state index in [1.54, 1.807) is 6.92 Å². The van der Waals surface area contributed by atoms with Crippen molar-refractivity contribution in [1.82, 2.24) is 0 Å². The van der Waals surface area contributed by atoms with Gasteiger partial charge >= 0.3 is 7.25 Å². The van der Waals surface area contributed by atoms with Crippen molar-refractivity contribution >= 4 is 34.8 Å². The maximum Gasteiger partial charge on any atom is 0.673 e. The Kier molecular flexibility index (Phi) is 5.68. The van der Waals surface area contributed by atoms with Gasteiger partial charge in [0.05, 0.1) is 10.8 Å². The van der Waals surface area contributed by atoms with Crippen molar-refractivity contribution in [3.8, 4) is 11.1 Å². The van der Waals surface area contributed by atoms with Crippen LogP contribution in [0.5, 0.6) is 0 Å². The number of hydrogen-bond acceptors (Lipinski definition) is 1. The molecule has 0 fully saturated rings. The number of para-hydroxylation sites is 2. The minimum atomic E-state index is -6.00. The van der Waals surface area contributed by atoms with Gasteiger partial charge in [0.25, 0.3) is 0 Å². The summed E-state index contributed by atoms with van der Waals surface area (Å²) in [6, 6.07) is 24.8. The number of ketones is 1. The van der Waals surface area contributed by atoms with E-state index < -0.39 is 7.25 Å². The fourth-order valence-corrected chi connectivity index (χ4v) is 3.41. The lowest BCUT2D eigenvalue weighted by molar-refractivity contribution is -0.617. The Morgan fingerprint density at radius 3 is 1.59 bits per heavy atom. The topological polar surface area (TPSA) is 20.9 Å². The second-order valence-electron chi connectivity index (χ2n) is 6.60. The summed E-state index contributed by atoms with van der Waals surface area (Å²) in [5, 5.41) is 2.43. The molecule has 4 aromatic rings. The summed E-state index contributed by atoms with van der Waals surface area (Å²) in [5.74, 6) is 0.0933. The van der Waals surface area contributed by atoms with Gasteiger partial charge in [-0.25, -0.2) is 0 Å². The molecule has 0 aliphatic carbocycles. The van der Waals surface area contributed by atoms with Gasteiger partial charge in [0.15, 0.2) is 5.78 Å². The van der Waals surface area contributed by atoms with E-state index in [-0.39, 0.29) is 5.78 Å². The Labute approximate surface area is 165 Å². The fraction of sp³-hybridized carbons (Fsp3) is 0.0909. The monoisotopic (exact) mass is 399 g/mol. The minimum absolute atomic E-state index is 0.0933. The maximum absolute atomic E-state index is 11.6. The molecule has 0 radical (unpaired) electrons. The molecule has 148 valence electrons. The van der Waals surface area contributed by atoms with E-state index >= 15 is 0 Å². The third kappa shape index (κ3) is 4.62. The molecular formula is C22H18BF4NO. The number of rotatable bonds is 2. The van der Waals surface area contributed by atoms with Crippen molar-refractivity contribution < 1.29 is 26.6 Å². The van der Waals surface area contributed by atoms with Gasteiger partial charge in [-0.1, -0.05) is 48.5 Å². The van der Waals surface area contributed by atoms with E-state index in [0.717, 1.165) is 11.1 Å². The van der Waals surface area contributed by atoms with Gasteiger partial charge in [0, 0.05) is 23.3 Å². The Morgan fingerprint density at radius 1 is 0.759 bits per heavy atom. The summed E-state index contributed by atoms with van der Waals surface area (Å²) < 4.78 is 41.2. The third-order valence-corrected chi connectivity index (χ3v) is 4.65. The highest BCUT2D eigenvalue weighted by Crippen LogP contribution is 2.33. The first kappa shape index (κ1) is 20.5. The number of carbonyl (C=O) groups excluding carboxylic acids is 1. The molecule has 0 saturated carbocycles. The molecule has 0 atom stereocenters. The number of fused-ring (bicyclic) bond motifs is 2. The van der Waals surface area contributed by atoms with Crippen LogP contribution in [-0.2, 0) is 7.05 Å². The zero-order valence-corrected chi connectivity index (χ0v) is 15.9. The van der Waals surface area contributed by atoms with Crippen molar-refractivity contribution in [2.45, 2.75) is 6.92 Å². The average molecular weight is 399 g/mol. The highest BCUT2D eigenvalue weighted by molar-refractivity contribution is 6.50. The summed E-state index contributed by atoms with van der Waals surface area (Å²) in [7, 11) is -3.90. The number of aromatic nitrogens is 1. The number of nitrogens with zero attached hydrogens (tertiary/aromatic N) is 1. The molecular weight excluding hydrogens is 381 g/mol. The van der Waals surface area contributed by atoms with Crippen LogP contribution in [0.3, 0.4) is 0 Å². The molecule has 0 aliphatic rings. The highest BCUT2D eigenvalue weighted by atomic mass is 19.5.